The number of hydrogen-bond acceptors (Lipinski definition) is 6. The standard InChI is InChI=1S/C13H16N6S/c1-8-17-12(14)11-13(18-8)19(7-16-11)6-9-3-2-4-10(20)15-5-9/h2,4-5,7,10,15,20H,3,6H2,1H3,(H2,14,17,18). The van der Waals surface area contributed by atoms with E-state index < -0.39 is 0 Å². The number of nitrogens with two attached hydrogens (primary N) is 1. The summed E-state index contributed by atoms with van der Waals surface area (Å²) in [6, 6.07) is 0. The number of rotatable bonds is 2. The third-order valence-electron chi connectivity index (χ3n) is 3.13. The Morgan fingerprint density at radius 2 is 2.35 bits per heavy atom. The van der Waals surface area contributed by atoms with E-state index in [9.17, 15) is 0 Å². The molecule has 6 nitrogen and oxygen atoms in total. The first-order valence-electron chi connectivity index (χ1n) is 6.37. The summed E-state index contributed by atoms with van der Waals surface area (Å²) in [5, 5.41) is 3.26. The van der Waals surface area contributed by atoms with Crippen LogP contribution >= 0.6 is 12.6 Å². The van der Waals surface area contributed by atoms with Gasteiger partial charge < -0.3 is 15.6 Å². The van der Waals surface area contributed by atoms with Crippen molar-refractivity contribution in [3.8, 4) is 0 Å². The molecule has 20 heavy (non-hydrogen) atoms. The fourth-order valence-corrected chi connectivity index (χ4v) is 2.39. The van der Waals surface area contributed by atoms with Crippen LogP contribution in [0.25, 0.3) is 11.2 Å². The van der Waals surface area contributed by atoms with Crippen LogP contribution in [0.15, 0.2) is 30.3 Å². The second-order valence-corrected chi connectivity index (χ2v) is 5.30. The molecule has 2 aromatic rings. The lowest BCUT2D eigenvalue weighted by molar-refractivity contribution is 0.770. The maximum Gasteiger partial charge on any atom is 0.166 e. The van der Waals surface area contributed by atoms with Crippen LogP contribution in [0.1, 0.15) is 12.2 Å². The minimum absolute atomic E-state index is 0.0623. The summed E-state index contributed by atoms with van der Waals surface area (Å²) in [6.07, 6.45) is 8.77. The molecule has 104 valence electrons. The van der Waals surface area contributed by atoms with Crippen molar-refractivity contribution in [2.24, 2.45) is 0 Å². The van der Waals surface area contributed by atoms with Gasteiger partial charge in [-0.1, -0.05) is 12.2 Å². The maximum atomic E-state index is 5.87. The van der Waals surface area contributed by atoms with Gasteiger partial charge in [0.2, 0.25) is 0 Å². The molecule has 0 aliphatic carbocycles. The third-order valence-corrected chi connectivity index (χ3v) is 3.45. The number of allylic oxidation sites excluding steroid dienone is 2. The first kappa shape index (κ1) is 13.0. The van der Waals surface area contributed by atoms with Crippen LogP contribution in [0.3, 0.4) is 0 Å². The Balaban J connectivity index is 1.93. The van der Waals surface area contributed by atoms with E-state index in [1.54, 1.807) is 6.33 Å². The third kappa shape index (κ3) is 2.49. The zero-order chi connectivity index (χ0) is 14.1. The van der Waals surface area contributed by atoms with E-state index in [0.29, 0.717) is 23.7 Å². The van der Waals surface area contributed by atoms with Gasteiger partial charge in [-0.05, 0) is 25.1 Å². The molecule has 0 amide bonds. The number of nitrogens with one attached hydrogen (secondary N) is 1. The number of nitrogens with zero attached hydrogens (tertiary/aromatic N) is 4. The van der Waals surface area contributed by atoms with Crippen LogP contribution in [0.4, 0.5) is 5.82 Å². The average molecular weight is 288 g/mol. The predicted octanol–water partition coefficient (Wildman–Crippen LogP) is 1.41. The van der Waals surface area contributed by atoms with Crippen LogP contribution in [0.2, 0.25) is 0 Å². The molecule has 1 unspecified atom stereocenters. The second kappa shape index (κ2) is 5.16. The van der Waals surface area contributed by atoms with Crippen molar-refractivity contribution in [1.82, 2.24) is 24.8 Å². The lowest BCUT2D eigenvalue weighted by atomic mass is 10.2. The Morgan fingerprint density at radius 3 is 3.20 bits per heavy atom. The number of aryl methyl sites for hydroxylation is 1. The quantitative estimate of drug-likeness (QED) is 0.575. The number of imidazole rings is 1. The van der Waals surface area contributed by atoms with Crippen molar-refractivity contribution in [2.45, 2.75) is 25.3 Å². The maximum absolute atomic E-state index is 5.87. The molecule has 7 heteroatoms. The number of nitrogen functional groups attached to an aromatic ring is 1. The monoisotopic (exact) mass is 288 g/mol. The predicted molar refractivity (Wildman–Crippen MR) is 82.2 cm³/mol. The molecular formula is C13H16N6S. The highest BCUT2D eigenvalue weighted by molar-refractivity contribution is 7.81. The first-order valence-corrected chi connectivity index (χ1v) is 6.89. The van der Waals surface area contributed by atoms with E-state index >= 15 is 0 Å². The average Bonchev–Trinajstić information content (AvgIpc) is 2.67. The molecule has 0 spiro atoms. The molecule has 1 aliphatic rings. The fraction of sp³-hybridized carbons (Fsp3) is 0.308. The number of anilines is 1. The SMILES string of the molecule is Cc1nc(N)c2ncn(CC3=CNC(S)C=CC3)c2n1. The Bertz CT molecular complexity index is 702. The Labute approximate surface area is 122 Å². The molecule has 3 N–H and O–H groups in total. The minimum atomic E-state index is 0.0623. The van der Waals surface area contributed by atoms with Gasteiger partial charge in [-0.25, -0.2) is 15.0 Å². The van der Waals surface area contributed by atoms with Crippen molar-refractivity contribution in [2.75, 3.05) is 5.73 Å². The molecule has 0 radical (unpaired) electrons. The summed E-state index contributed by atoms with van der Waals surface area (Å²) in [4.78, 5) is 12.9. The van der Waals surface area contributed by atoms with Gasteiger partial charge in [-0.15, -0.1) is 0 Å². The summed E-state index contributed by atoms with van der Waals surface area (Å²) >= 11 is 4.37. The van der Waals surface area contributed by atoms with Crippen LogP contribution in [-0.2, 0) is 6.54 Å². The molecule has 1 aliphatic heterocycles. The largest absolute Gasteiger partial charge is 0.382 e. The zero-order valence-corrected chi connectivity index (χ0v) is 12.0. The molecule has 0 aromatic carbocycles. The Kier molecular flexibility index (Phi) is 3.35. The van der Waals surface area contributed by atoms with Gasteiger partial charge in [-0.2, -0.15) is 12.6 Å². The molecule has 0 fully saturated rings. The van der Waals surface area contributed by atoms with E-state index in [4.69, 9.17) is 5.73 Å². The van der Waals surface area contributed by atoms with Crippen molar-refractivity contribution in [3.63, 3.8) is 0 Å². The molecule has 0 saturated carbocycles. The summed E-state index contributed by atoms with van der Waals surface area (Å²) in [7, 11) is 0. The van der Waals surface area contributed by atoms with Crippen LogP contribution in [-0.4, -0.2) is 24.9 Å². The van der Waals surface area contributed by atoms with Gasteiger partial charge in [0.05, 0.1) is 11.7 Å². The van der Waals surface area contributed by atoms with E-state index in [-0.39, 0.29) is 5.37 Å². The van der Waals surface area contributed by atoms with Gasteiger partial charge in [0.25, 0.3) is 0 Å². The first-order chi connectivity index (χ1) is 9.63. The van der Waals surface area contributed by atoms with E-state index in [2.05, 4.69) is 39.0 Å². The molecule has 0 bridgehead atoms. The van der Waals surface area contributed by atoms with Crippen LogP contribution in [0.5, 0.6) is 0 Å². The van der Waals surface area contributed by atoms with Crippen molar-refractivity contribution in [3.05, 3.63) is 36.1 Å². The summed E-state index contributed by atoms with van der Waals surface area (Å²) in [6.45, 7) is 2.54. The highest BCUT2D eigenvalue weighted by Crippen LogP contribution is 2.18. The molecule has 3 rings (SSSR count). The normalized spacial score (nSPS) is 18.7. The van der Waals surface area contributed by atoms with Gasteiger partial charge in [0.1, 0.15) is 11.3 Å². The summed E-state index contributed by atoms with van der Waals surface area (Å²) in [5.74, 6) is 1.08. The highest BCUT2D eigenvalue weighted by atomic mass is 32.1. The summed E-state index contributed by atoms with van der Waals surface area (Å²) < 4.78 is 1.99. The van der Waals surface area contributed by atoms with Crippen molar-refractivity contribution < 1.29 is 0 Å². The van der Waals surface area contributed by atoms with Crippen molar-refractivity contribution >= 4 is 29.6 Å². The lowest BCUT2D eigenvalue weighted by Crippen LogP contribution is -2.14. The molecule has 0 saturated heterocycles. The molecule has 2 aromatic heterocycles. The van der Waals surface area contributed by atoms with Gasteiger partial charge >= 0.3 is 0 Å². The molecular weight excluding hydrogens is 272 g/mol. The van der Waals surface area contributed by atoms with Gasteiger partial charge in [0.15, 0.2) is 11.5 Å². The fourth-order valence-electron chi connectivity index (χ4n) is 2.19. The zero-order valence-electron chi connectivity index (χ0n) is 11.1. The van der Waals surface area contributed by atoms with E-state index in [0.717, 1.165) is 12.1 Å². The second-order valence-electron chi connectivity index (χ2n) is 4.75. The Hall–Kier alpha value is -2.02. The highest BCUT2D eigenvalue weighted by Gasteiger charge is 2.11. The number of aromatic nitrogens is 4. The van der Waals surface area contributed by atoms with E-state index in [1.165, 1.54) is 5.57 Å². The summed E-state index contributed by atoms with van der Waals surface area (Å²) in [5.41, 5.74) is 8.52. The van der Waals surface area contributed by atoms with Crippen LogP contribution in [0, 0.1) is 6.92 Å². The lowest BCUT2D eigenvalue weighted by Gasteiger charge is -2.08. The molecule has 3 heterocycles. The minimum Gasteiger partial charge on any atom is -0.382 e. The Morgan fingerprint density at radius 1 is 1.50 bits per heavy atom. The number of thiol groups is 1. The molecule has 1 atom stereocenters. The van der Waals surface area contributed by atoms with Crippen molar-refractivity contribution in [1.29, 1.82) is 0 Å². The number of fused-ring (bicyclic) bond motifs is 1. The van der Waals surface area contributed by atoms with E-state index in [1.807, 2.05) is 23.8 Å². The number of hydrogen-bond donors (Lipinski definition) is 3. The smallest absolute Gasteiger partial charge is 0.166 e. The van der Waals surface area contributed by atoms with Gasteiger partial charge in [0, 0.05) is 6.54 Å². The van der Waals surface area contributed by atoms with Crippen LogP contribution < -0.4 is 11.1 Å². The van der Waals surface area contributed by atoms with Gasteiger partial charge in [-0.3, -0.25) is 0 Å². The topological polar surface area (TPSA) is 81.6 Å².